The van der Waals surface area contributed by atoms with Crippen molar-refractivity contribution in [1.82, 2.24) is 10.2 Å². The first-order chi connectivity index (χ1) is 9.13. The molecule has 0 saturated carbocycles. The number of hydrogen-bond donors (Lipinski definition) is 1. The average Bonchev–Trinajstić information content (AvgIpc) is 2.88. The van der Waals surface area contributed by atoms with Crippen molar-refractivity contribution in [3.8, 4) is 0 Å². The Morgan fingerprint density at radius 3 is 2.95 bits per heavy atom. The lowest BCUT2D eigenvalue weighted by atomic mass is 10.1. The maximum absolute atomic E-state index is 13.8. The second-order valence-electron chi connectivity index (χ2n) is 4.73. The van der Waals surface area contributed by atoms with E-state index in [4.69, 9.17) is 11.6 Å². The fourth-order valence-electron chi connectivity index (χ4n) is 2.39. The number of rotatable bonds is 4. The molecular weight excluding hydrogens is 267 g/mol. The highest BCUT2D eigenvalue weighted by atomic mass is 35.5. The third-order valence-corrected chi connectivity index (χ3v) is 3.76. The van der Waals surface area contributed by atoms with Gasteiger partial charge in [0.1, 0.15) is 5.82 Å². The number of likely N-dealkylation sites (N-methyl/N-ethyl adjacent to an activating group) is 1. The second kappa shape index (κ2) is 6.35. The molecule has 1 aromatic rings. The summed E-state index contributed by atoms with van der Waals surface area (Å²) in [7, 11) is 0. The molecule has 1 heterocycles. The summed E-state index contributed by atoms with van der Waals surface area (Å²) < 4.78 is 13.8. The van der Waals surface area contributed by atoms with Gasteiger partial charge in [0, 0.05) is 19.1 Å². The summed E-state index contributed by atoms with van der Waals surface area (Å²) in [4.78, 5) is 14.0. The van der Waals surface area contributed by atoms with Crippen LogP contribution in [0.2, 0.25) is 5.02 Å². The molecule has 0 aliphatic carbocycles. The van der Waals surface area contributed by atoms with Crippen LogP contribution in [0.4, 0.5) is 4.39 Å². The number of halogens is 2. The van der Waals surface area contributed by atoms with Crippen LogP contribution < -0.4 is 5.32 Å². The molecule has 1 amide bonds. The average molecular weight is 285 g/mol. The van der Waals surface area contributed by atoms with Crippen LogP contribution in [0.5, 0.6) is 0 Å². The fourth-order valence-corrected chi connectivity index (χ4v) is 2.64. The highest BCUT2D eigenvalue weighted by Gasteiger charge is 2.24. The van der Waals surface area contributed by atoms with Crippen molar-refractivity contribution < 1.29 is 9.18 Å². The van der Waals surface area contributed by atoms with E-state index in [0.717, 1.165) is 19.4 Å². The van der Waals surface area contributed by atoms with Crippen molar-refractivity contribution in [2.75, 3.05) is 19.6 Å². The van der Waals surface area contributed by atoms with Crippen molar-refractivity contribution in [3.63, 3.8) is 0 Å². The van der Waals surface area contributed by atoms with E-state index >= 15 is 0 Å². The van der Waals surface area contributed by atoms with Crippen LogP contribution in [-0.4, -0.2) is 36.5 Å². The Kier molecular flexibility index (Phi) is 4.77. The molecule has 1 saturated heterocycles. The van der Waals surface area contributed by atoms with Crippen molar-refractivity contribution in [1.29, 1.82) is 0 Å². The van der Waals surface area contributed by atoms with Crippen LogP contribution in [0.25, 0.3) is 0 Å². The number of nitrogens with zero attached hydrogens (tertiary/aromatic N) is 1. The molecule has 0 radical (unpaired) electrons. The Morgan fingerprint density at radius 2 is 2.37 bits per heavy atom. The summed E-state index contributed by atoms with van der Waals surface area (Å²) in [6.45, 7) is 4.01. The van der Waals surface area contributed by atoms with Gasteiger partial charge in [0.25, 0.3) is 5.91 Å². The van der Waals surface area contributed by atoms with E-state index < -0.39 is 5.82 Å². The zero-order valence-corrected chi connectivity index (χ0v) is 11.7. The molecule has 1 unspecified atom stereocenters. The van der Waals surface area contributed by atoms with Crippen LogP contribution in [-0.2, 0) is 0 Å². The Hall–Kier alpha value is -1.13. The third-order valence-electron chi connectivity index (χ3n) is 3.45. The maximum Gasteiger partial charge on any atom is 0.258 e. The summed E-state index contributed by atoms with van der Waals surface area (Å²) >= 11 is 5.94. The number of carbonyl (C=O) groups is 1. The van der Waals surface area contributed by atoms with Gasteiger partial charge < -0.3 is 10.2 Å². The van der Waals surface area contributed by atoms with Crippen LogP contribution in [0.3, 0.4) is 0 Å². The van der Waals surface area contributed by atoms with Crippen LogP contribution in [0.15, 0.2) is 18.2 Å². The predicted octanol–water partition coefficient (Wildman–Crippen LogP) is 2.69. The van der Waals surface area contributed by atoms with Gasteiger partial charge in [-0.1, -0.05) is 17.7 Å². The van der Waals surface area contributed by atoms with E-state index in [1.54, 1.807) is 11.0 Å². The minimum Gasteiger partial charge on any atom is -0.337 e. The van der Waals surface area contributed by atoms with Crippen molar-refractivity contribution in [3.05, 3.63) is 34.6 Å². The molecule has 0 aromatic heterocycles. The molecule has 1 atom stereocenters. The van der Waals surface area contributed by atoms with Gasteiger partial charge in [-0.05, 0) is 38.4 Å². The normalized spacial score (nSPS) is 18.6. The molecule has 19 heavy (non-hydrogen) atoms. The smallest absolute Gasteiger partial charge is 0.258 e. The molecule has 0 bridgehead atoms. The predicted molar refractivity (Wildman–Crippen MR) is 74.0 cm³/mol. The standard InChI is InChI=1S/C14H18ClFN2O/c1-2-18(9-10-5-4-8-17-10)14(19)13-11(15)6-3-7-12(13)16/h3,6-7,10,17H,2,4-5,8-9H2,1H3. The molecule has 3 nitrogen and oxygen atoms in total. The molecule has 2 rings (SSSR count). The van der Waals surface area contributed by atoms with E-state index in [1.165, 1.54) is 12.1 Å². The molecule has 1 N–H and O–H groups in total. The molecule has 1 aliphatic heterocycles. The summed E-state index contributed by atoms with van der Waals surface area (Å²) in [6, 6.07) is 4.61. The quantitative estimate of drug-likeness (QED) is 0.922. The Bertz CT molecular complexity index is 441. The van der Waals surface area contributed by atoms with E-state index in [-0.39, 0.29) is 16.5 Å². The first-order valence-corrected chi connectivity index (χ1v) is 6.98. The zero-order chi connectivity index (χ0) is 13.8. The van der Waals surface area contributed by atoms with Gasteiger partial charge in [-0.15, -0.1) is 0 Å². The highest BCUT2D eigenvalue weighted by molar-refractivity contribution is 6.33. The maximum atomic E-state index is 13.8. The molecule has 1 aliphatic rings. The van der Waals surface area contributed by atoms with Gasteiger partial charge in [0.2, 0.25) is 0 Å². The lowest BCUT2D eigenvalue weighted by molar-refractivity contribution is 0.0747. The van der Waals surface area contributed by atoms with E-state index in [0.29, 0.717) is 19.1 Å². The highest BCUT2D eigenvalue weighted by Crippen LogP contribution is 2.21. The molecule has 1 aromatic carbocycles. The van der Waals surface area contributed by atoms with Gasteiger partial charge >= 0.3 is 0 Å². The van der Waals surface area contributed by atoms with Crippen LogP contribution in [0, 0.1) is 5.82 Å². The number of carbonyl (C=O) groups excluding carboxylic acids is 1. The zero-order valence-electron chi connectivity index (χ0n) is 11.0. The molecule has 1 fully saturated rings. The van der Waals surface area contributed by atoms with Gasteiger partial charge in [-0.25, -0.2) is 4.39 Å². The topological polar surface area (TPSA) is 32.3 Å². The Morgan fingerprint density at radius 1 is 1.58 bits per heavy atom. The SMILES string of the molecule is CCN(CC1CCCN1)C(=O)c1c(F)cccc1Cl. The molecule has 5 heteroatoms. The third kappa shape index (κ3) is 3.25. The first-order valence-electron chi connectivity index (χ1n) is 6.60. The Balaban J connectivity index is 2.15. The number of hydrogen-bond acceptors (Lipinski definition) is 2. The molecule has 0 spiro atoms. The largest absolute Gasteiger partial charge is 0.337 e. The van der Waals surface area contributed by atoms with E-state index in [2.05, 4.69) is 5.32 Å². The molecule has 104 valence electrons. The fraction of sp³-hybridized carbons (Fsp3) is 0.500. The second-order valence-corrected chi connectivity index (χ2v) is 5.14. The molecular formula is C14H18ClFN2O. The number of nitrogens with one attached hydrogen (secondary N) is 1. The number of benzene rings is 1. The van der Waals surface area contributed by atoms with Gasteiger partial charge in [0.05, 0.1) is 10.6 Å². The van der Waals surface area contributed by atoms with Crippen LogP contribution in [0.1, 0.15) is 30.1 Å². The van der Waals surface area contributed by atoms with Crippen molar-refractivity contribution in [2.45, 2.75) is 25.8 Å². The van der Waals surface area contributed by atoms with Gasteiger partial charge in [0.15, 0.2) is 0 Å². The number of amides is 1. The van der Waals surface area contributed by atoms with Crippen molar-refractivity contribution >= 4 is 17.5 Å². The Labute approximate surface area is 117 Å². The first kappa shape index (κ1) is 14.3. The van der Waals surface area contributed by atoms with E-state index in [1.807, 2.05) is 6.92 Å². The lowest BCUT2D eigenvalue weighted by Gasteiger charge is -2.25. The minimum absolute atomic E-state index is 0.0241. The summed E-state index contributed by atoms with van der Waals surface area (Å²) in [5.41, 5.74) is -0.0241. The van der Waals surface area contributed by atoms with Gasteiger partial charge in [-0.3, -0.25) is 4.79 Å². The van der Waals surface area contributed by atoms with Crippen molar-refractivity contribution in [2.24, 2.45) is 0 Å². The summed E-state index contributed by atoms with van der Waals surface area (Å²) in [5, 5.41) is 3.51. The monoisotopic (exact) mass is 284 g/mol. The summed E-state index contributed by atoms with van der Waals surface area (Å²) in [6.07, 6.45) is 2.17. The summed E-state index contributed by atoms with van der Waals surface area (Å²) in [5.74, 6) is -0.894. The van der Waals surface area contributed by atoms with Crippen LogP contribution >= 0.6 is 11.6 Å². The lowest BCUT2D eigenvalue weighted by Crippen LogP contribution is -2.41. The van der Waals surface area contributed by atoms with E-state index in [9.17, 15) is 9.18 Å². The minimum atomic E-state index is -0.560. The van der Waals surface area contributed by atoms with Gasteiger partial charge in [-0.2, -0.15) is 0 Å².